The minimum atomic E-state index is -0.173. The lowest BCUT2D eigenvalue weighted by Crippen LogP contribution is -2.15. The average molecular weight is 389 g/mol. The Kier molecular flexibility index (Phi) is 4.84. The molecule has 0 saturated carbocycles. The van der Waals surface area contributed by atoms with E-state index in [1.54, 1.807) is 36.3 Å². The van der Waals surface area contributed by atoms with Crippen molar-refractivity contribution >= 4 is 37.6 Å². The third kappa shape index (κ3) is 3.29. The minimum Gasteiger partial charge on any atom is -0.383 e. The maximum atomic E-state index is 12.4. The molecule has 0 radical (unpaired) electrons. The molecule has 100 valence electrons. The number of hydrogen-bond donors (Lipinski definition) is 0. The third-order valence-electron chi connectivity index (χ3n) is 2.48. The number of halogens is 2. The van der Waals surface area contributed by atoms with E-state index >= 15 is 0 Å². The van der Waals surface area contributed by atoms with Gasteiger partial charge < -0.3 is 4.74 Å². The third-order valence-corrected chi connectivity index (χ3v) is 3.52. The number of ether oxygens (including phenoxy) is 1. The number of pyridine rings is 1. The van der Waals surface area contributed by atoms with E-state index in [1.807, 2.05) is 0 Å². The molecule has 0 unspecified atom stereocenters. The molecule has 0 fully saturated rings. The predicted octanol–water partition coefficient (Wildman–Crippen LogP) is 2.68. The molecule has 19 heavy (non-hydrogen) atoms. The lowest BCUT2D eigenvalue weighted by atomic mass is 10.2. The lowest BCUT2D eigenvalue weighted by Gasteiger charge is -2.07. The molecule has 0 N–H and O–H groups in total. The van der Waals surface area contributed by atoms with Crippen molar-refractivity contribution in [3.8, 4) is 0 Å². The number of nitrogens with zero attached hydrogens (tertiary/aromatic N) is 3. The van der Waals surface area contributed by atoms with Crippen LogP contribution in [0, 0.1) is 0 Å². The van der Waals surface area contributed by atoms with Crippen LogP contribution in [0.1, 0.15) is 16.2 Å². The molecule has 7 heteroatoms. The van der Waals surface area contributed by atoms with Crippen LogP contribution in [-0.4, -0.2) is 34.3 Å². The van der Waals surface area contributed by atoms with Gasteiger partial charge in [0.2, 0.25) is 5.78 Å². The summed E-state index contributed by atoms with van der Waals surface area (Å²) in [5.74, 6) is -0.173. The first kappa shape index (κ1) is 14.4. The van der Waals surface area contributed by atoms with Crippen molar-refractivity contribution in [1.29, 1.82) is 0 Å². The van der Waals surface area contributed by atoms with Crippen molar-refractivity contribution in [3.05, 3.63) is 44.9 Å². The highest BCUT2D eigenvalue weighted by Crippen LogP contribution is 2.21. The number of rotatable bonds is 5. The van der Waals surface area contributed by atoms with Gasteiger partial charge in [0.05, 0.1) is 13.2 Å². The maximum absolute atomic E-state index is 12.4. The molecule has 2 heterocycles. The highest BCUT2D eigenvalue weighted by Gasteiger charge is 2.18. The molecule has 0 aliphatic heterocycles. The Morgan fingerprint density at radius 2 is 2.26 bits per heavy atom. The Hall–Kier alpha value is -1.05. The van der Waals surface area contributed by atoms with Crippen LogP contribution < -0.4 is 0 Å². The van der Waals surface area contributed by atoms with E-state index in [0.29, 0.717) is 29.0 Å². The molecule has 0 aliphatic rings. The van der Waals surface area contributed by atoms with E-state index in [-0.39, 0.29) is 5.78 Å². The van der Waals surface area contributed by atoms with Crippen LogP contribution in [0.2, 0.25) is 0 Å². The summed E-state index contributed by atoms with van der Waals surface area (Å²) in [6.07, 6.45) is 3.18. The van der Waals surface area contributed by atoms with E-state index < -0.39 is 0 Å². The summed E-state index contributed by atoms with van der Waals surface area (Å²) in [4.78, 5) is 16.6. The van der Waals surface area contributed by atoms with Crippen LogP contribution in [0.5, 0.6) is 0 Å². The molecule has 5 nitrogen and oxygen atoms in total. The van der Waals surface area contributed by atoms with E-state index in [9.17, 15) is 4.79 Å². The fourth-order valence-electron chi connectivity index (χ4n) is 1.58. The molecule has 0 spiro atoms. The first-order chi connectivity index (χ1) is 9.13. The average Bonchev–Trinajstić information content (AvgIpc) is 2.83. The summed E-state index contributed by atoms with van der Waals surface area (Å²) in [5, 5.41) is 4.11. The van der Waals surface area contributed by atoms with Gasteiger partial charge in [-0.3, -0.25) is 14.5 Å². The zero-order valence-electron chi connectivity index (χ0n) is 10.1. The van der Waals surface area contributed by atoms with Gasteiger partial charge in [-0.2, -0.15) is 5.10 Å². The fraction of sp³-hybridized carbons (Fsp3) is 0.250. The summed E-state index contributed by atoms with van der Waals surface area (Å²) in [6.45, 7) is 1.02. The van der Waals surface area contributed by atoms with Crippen LogP contribution in [0.3, 0.4) is 0 Å². The van der Waals surface area contributed by atoms with E-state index in [4.69, 9.17) is 4.74 Å². The van der Waals surface area contributed by atoms with Gasteiger partial charge in [0.1, 0.15) is 11.4 Å². The number of carbonyl (C=O) groups excluding carboxylic acids is 1. The van der Waals surface area contributed by atoms with Crippen LogP contribution in [0.4, 0.5) is 0 Å². The van der Waals surface area contributed by atoms with Crippen molar-refractivity contribution < 1.29 is 9.53 Å². The first-order valence-electron chi connectivity index (χ1n) is 5.50. The maximum Gasteiger partial charge on any atom is 0.230 e. The second kappa shape index (κ2) is 6.40. The van der Waals surface area contributed by atoms with E-state index in [1.165, 1.54) is 0 Å². The molecule has 2 aromatic heterocycles. The molecule has 2 rings (SSSR count). The highest BCUT2D eigenvalue weighted by atomic mass is 79.9. The molecule has 0 aliphatic carbocycles. The van der Waals surface area contributed by atoms with Gasteiger partial charge in [0.15, 0.2) is 0 Å². The fourth-order valence-corrected chi connectivity index (χ4v) is 2.75. The molecular weight excluding hydrogens is 378 g/mol. The molecule has 0 atom stereocenters. The van der Waals surface area contributed by atoms with Gasteiger partial charge in [-0.05, 0) is 44.0 Å². The number of hydrogen-bond acceptors (Lipinski definition) is 4. The van der Waals surface area contributed by atoms with Crippen LogP contribution in [0.25, 0.3) is 0 Å². The van der Waals surface area contributed by atoms with Crippen LogP contribution in [-0.2, 0) is 11.3 Å². The molecule has 0 amide bonds. The lowest BCUT2D eigenvalue weighted by molar-refractivity contribution is 0.102. The van der Waals surface area contributed by atoms with Gasteiger partial charge >= 0.3 is 0 Å². The number of carbonyl (C=O) groups is 1. The summed E-state index contributed by atoms with van der Waals surface area (Å²) < 4.78 is 8.06. The second-order valence-electron chi connectivity index (χ2n) is 3.75. The minimum absolute atomic E-state index is 0.173. The molecule has 0 bridgehead atoms. The van der Waals surface area contributed by atoms with Gasteiger partial charge in [-0.15, -0.1) is 0 Å². The van der Waals surface area contributed by atoms with Crippen LogP contribution in [0.15, 0.2) is 33.5 Å². The highest BCUT2D eigenvalue weighted by molar-refractivity contribution is 9.11. The monoisotopic (exact) mass is 387 g/mol. The first-order valence-corrected chi connectivity index (χ1v) is 7.08. The molecular formula is C12H11Br2N3O2. The summed E-state index contributed by atoms with van der Waals surface area (Å²) in [6, 6.07) is 3.46. The van der Waals surface area contributed by atoms with Crippen molar-refractivity contribution in [2.45, 2.75) is 6.54 Å². The van der Waals surface area contributed by atoms with Crippen molar-refractivity contribution in [3.63, 3.8) is 0 Å². The number of aromatic nitrogens is 3. The number of methoxy groups -OCH3 is 1. The van der Waals surface area contributed by atoms with E-state index in [2.05, 4.69) is 41.9 Å². The summed E-state index contributed by atoms with van der Waals surface area (Å²) >= 11 is 6.65. The Labute approximate surface area is 127 Å². The standard InChI is InChI=1S/C12H11Br2N3O2/c1-19-5-4-17-10(2-3-16-17)12(18)11-9(14)6-8(13)7-15-11/h2-3,6-7H,4-5H2,1H3. The van der Waals surface area contributed by atoms with E-state index in [0.717, 1.165) is 4.47 Å². The summed E-state index contributed by atoms with van der Waals surface area (Å²) in [7, 11) is 1.61. The predicted molar refractivity (Wildman–Crippen MR) is 77.2 cm³/mol. The Balaban J connectivity index is 2.31. The Morgan fingerprint density at radius 3 is 2.95 bits per heavy atom. The van der Waals surface area contributed by atoms with Crippen molar-refractivity contribution in [2.75, 3.05) is 13.7 Å². The second-order valence-corrected chi connectivity index (χ2v) is 5.52. The molecule has 0 aromatic carbocycles. The zero-order chi connectivity index (χ0) is 13.8. The largest absolute Gasteiger partial charge is 0.383 e. The Bertz CT molecular complexity index is 598. The number of ketones is 1. The van der Waals surface area contributed by atoms with Gasteiger partial charge in [0, 0.05) is 28.4 Å². The van der Waals surface area contributed by atoms with Crippen LogP contribution >= 0.6 is 31.9 Å². The quantitative estimate of drug-likeness (QED) is 0.739. The molecule has 2 aromatic rings. The molecule has 0 saturated heterocycles. The normalized spacial score (nSPS) is 10.7. The summed E-state index contributed by atoms with van der Waals surface area (Å²) in [5.41, 5.74) is 0.856. The van der Waals surface area contributed by atoms with Gasteiger partial charge in [0.25, 0.3) is 0 Å². The van der Waals surface area contributed by atoms with Gasteiger partial charge in [-0.25, -0.2) is 0 Å². The van der Waals surface area contributed by atoms with Gasteiger partial charge in [-0.1, -0.05) is 0 Å². The zero-order valence-corrected chi connectivity index (χ0v) is 13.3. The smallest absolute Gasteiger partial charge is 0.230 e. The SMILES string of the molecule is COCCn1nccc1C(=O)c1ncc(Br)cc1Br. The topological polar surface area (TPSA) is 57.0 Å². The Morgan fingerprint density at radius 1 is 1.47 bits per heavy atom. The van der Waals surface area contributed by atoms with Crippen molar-refractivity contribution in [2.24, 2.45) is 0 Å². The van der Waals surface area contributed by atoms with Crippen molar-refractivity contribution in [1.82, 2.24) is 14.8 Å².